The van der Waals surface area contributed by atoms with Crippen LogP contribution in [0.2, 0.25) is 0 Å². The van der Waals surface area contributed by atoms with E-state index in [4.69, 9.17) is 5.73 Å². The molecule has 1 amide bonds. The van der Waals surface area contributed by atoms with Crippen molar-refractivity contribution in [1.29, 1.82) is 0 Å². The second kappa shape index (κ2) is 8.74. The van der Waals surface area contributed by atoms with Crippen molar-refractivity contribution in [3.63, 3.8) is 0 Å². The molecule has 2 aromatic rings. The Balaban J connectivity index is 1.35. The first-order valence-electron chi connectivity index (χ1n) is 10.6. The Morgan fingerprint density at radius 1 is 1.07 bits per heavy atom. The fraction of sp³-hybridized carbons (Fsp3) is 0.478. The zero-order valence-corrected chi connectivity index (χ0v) is 16.4. The number of nitrogens with two attached hydrogens (primary N) is 1. The molecule has 0 spiro atoms. The van der Waals surface area contributed by atoms with Crippen LogP contribution in [0.3, 0.4) is 0 Å². The van der Waals surface area contributed by atoms with E-state index in [0.29, 0.717) is 17.4 Å². The average molecular weight is 379 g/mol. The standard InChI is InChI=1S/C23H30N4O/c24-14-17-12-13-27(16-17)22-11-10-21(15-25-22)26-23(28)20-8-6-19(7-9-20)18-4-2-1-3-5-18/h6-11,15,17-18H,1-5,12-14,16,24H2,(H,26,28)/t17-/m1/s1. The zero-order chi connectivity index (χ0) is 19.3. The lowest BCUT2D eigenvalue weighted by molar-refractivity contribution is 0.102. The van der Waals surface area contributed by atoms with Crippen molar-refractivity contribution in [2.24, 2.45) is 11.7 Å². The first kappa shape index (κ1) is 18.9. The van der Waals surface area contributed by atoms with Gasteiger partial charge in [0.2, 0.25) is 0 Å². The maximum Gasteiger partial charge on any atom is 0.255 e. The molecule has 2 fully saturated rings. The number of carbonyl (C=O) groups is 1. The molecule has 0 bridgehead atoms. The highest BCUT2D eigenvalue weighted by Gasteiger charge is 2.22. The average Bonchev–Trinajstić information content (AvgIpc) is 3.24. The lowest BCUT2D eigenvalue weighted by Gasteiger charge is -2.22. The Morgan fingerprint density at radius 2 is 1.86 bits per heavy atom. The molecule has 5 heteroatoms. The van der Waals surface area contributed by atoms with Crippen molar-refractivity contribution in [2.75, 3.05) is 29.9 Å². The summed E-state index contributed by atoms with van der Waals surface area (Å²) in [6.07, 6.45) is 9.39. The van der Waals surface area contributed by atoms with Gasteiger partial charge in [-0.1, -0.05) is 31.4 Å². The van der Waals surface area contributed by atoms with Gasteiger partial charge in [0.1, 0.15) is 5.82 Å². The predicted molar refractivity (Wildman–Crippen MR) is 114 cm³/mol. The third-order valence-corrected chi connectivity index (χ3v) is 6.20. The number of pyridine rings is 1. The Kier molecular flexibility index (Phi) is 5.91. The summed E-state index contributed by atoms with van der Waals surface area (Å²) in [6.45, 7) is 2.68. The van der Waals surface area contributed by atoms with Crippen molar-refractivity contribution in [3.8, 4) is 0 Å². The minimum atomic E-state index is -0.0888. The van der Waals surface area contributed by atoms with Gasteiger partial charge in [-0.25, -0.2) is 4.98 Å². The molecule has 148 valence electrons. The van der Waals surface area contributed by atoms with Crippen molar-refractivity contribution in [2.45, 2.75) is 44.4 Å². The largest absolute Gasteiger partial charge is 0.356 e. The molecule has 5 nitrogen and oxygen atoms in total. The molecule has 0 unspecified atom stereocenters. The molecule has 4 rings (SSSR count). The maximum atomic E-state index is 12.6. The first-order valence-corrected chi connectivity index (χ1v) is 10.6. The summed E-state index contributed by atoms with van der Waals surface area (Å²) in [5.74, 6) is 2.07. The second-order valence-electron chi connectivity index (χ2n) is 8.15. The van der Waals surface area contributed by atoms with E-state index < -0.39 is 0 Å². The van der Waals surface area contributed by atoms with Gasteiger partial charge in [0.05, 0.1) is 11.9 Å². The van der Waals surface area contributed by atoms with E-state index in [1.807, 2.05) is 24.3 Å². The molecule has 1 atom stereocenters. The van der Waals surface area contributed by atoms with Gasteiger partial charge in [-0.15, -0.1) is 0 Å². The van der Waals surface area contributed by atoms with Crippen molar-refractivity contribution >= 4 is 17.4 Å². The third kappa shape index (κ3) is 4.36. The van der Waals surface area contributed by atoms with Gasteiger partial charge in [-0.05, 0) is 67.5 Å². The number of hydrogen-bond acceptors (Lipinski definition) is 4. The van der Waals surface area contributed by atoms with Crippen LogP contribution in [0.5, 0.6) is 0 Å². The summed E-state index contributed by atoms with van der Waals surface area (Å²) < 4.78 is 0. The molecule has 1 aliphatic heterocycles. The minimum Gasteiger partial charge on any atom is -0.356 e. The van der Waals surface area contributed by atoms with Gasteiger partial charge in [-0.2, -0.15) is 0 Å². The number of rotatable bonds is 5. The minimum absolute atomic E-state index is 0.0888. The number of aromatic nitrogens is 1. The molecule has 2 heterocycles. The van der Waals surface area contributed by atoms with Crippen LogP contribution in [0.25, 0.3) is 0 Å². The van der Waals surface area contributed by atoms with Gasteiger partial charge < -0.3 is 16.0 Å². The van der Waals surface area contributed by atoms with Gasteiger partial charge in [0, 0.05) is 18.7 Å². The van der Waals surface area contributed by atoms with E-state index in [2.05, 4.69) is 27.3 Å². The predicted octanol–water partition coefficient (Wildman–Crippen LogP) is 4.17. The molecule has 1 aromatic heterocycles. The molecule has 0 radical (unpaired) electrons. The summed E-state index contributed by atoms with van der Waals surface area (Å²) in [5, 5.41) is 2.96. The summed E-state index contributed by atoms with van der Waals surface area (Å²) in [6, 6.07) is 12.0. The van der Waals surface area contributed by atoms with E-state index in [9.17, 15) is 4.79 Å². The number of carbonyl (C=O) groups excluding carboxylic acids is 1. The molecule has 2 aliphatic rings. The molecule has 28 heavy (non-hydrogen) atoms. The topological polar surface area (TPSA) is 71.2 Å². The van der Waals surface area contributed by atoms with Crippen molar-refractivity contribution in [3.05, 3.63) is 53.7 Å². The molecule has 1 aliphatic carbocycles. The SMILES string of the molecule is NC[C@H]1CCN(c2ccc(NC(=O)c3ccc(C4CCCCC4)cc3)cn2)C1. The normalized spacial score (nSPS) is 20.3. The van der Waals surface area contributed by atoms with Crippen LogP contribution < -0.4 is 16.0 Å². The van der Waals surface area contributed by atoms with Crippen LogP contribution in [0.1, 0.15) is 60.4 Å². The molecular weight excluding hydrogens is 348 g/mol. The van der Waals surface area contributed by atoms with Gasteiger partial charge in [0.15, 0.2) is 0 Å². The van der Waals surface area contributed by atoms with E-state index in [1.54, 1.807) is 6.20 Å². The van der Waals surface area contributed by atoms with Crippen molar-refractivity contribution < 1.29 is 4.79 Å². The Labute approximate surface area is 167 Å². The quantitative estimate of drug-likeness (QED) is 0.819. The summed E-state index contributed by atoms with van der Waals surface area (Å²) in [5.41, 5.74) is 8.54. The first-order chi connectivity index (χ1) is 13.7. The fourth-order valence-electron chi connectivity index (χ4n) is 4.43. The van der Waals surface area contributed by atoms with E-state index in [0.717, 1.165) is 37.6 Å². The number of anilines is 2. The Bertz CT molecular complexity index is 781. The number of amides is 1. The lowest BCUT2D eigenvalue weighted by Crippen LogP contribution is -2.23. The zero-order valence-electron chi connectivity index (χ0n) is 16.4. The molecule has 1 saturated carbocycles. The van der Waals surface area contributed by atoms with Crippen LogP contribution in [0.4, 0.5) is 11.5 Å². The molecular formula is C23H30N4O. The van der Waals surface area contributed by atoms with E-state index in [1.165, 1.54) is 37.7 Å². The number of hydrogen-bond donors (Lipinski definition) is 2. The Hall–Kier alpha value is -2.40. The van der Waals surface area contributed by atoms with Crippen molar-refractivity contribution in [1.82, 2.24) is 4.98 Å². The summed E-state index contributed by atoms with van der Waals surface area (Å²) >= 11 is 0. The number of nitrogens with zero attached hydrogens (tertiary/aromatic N) is 2. The van der Waals surface area contributed by atoms with Crippen LogP contribution in [0, 0.1) is 5.92 Å². The smallest absolute Gasteiger partial charge is 0.255 e. The van der Waals surface area contributed by atoms with Gasteiger partial charge in [-0.3, -0.25) is 4.79 Å². The number of benzene rings is 1. The van der Waals surface area contributed by atoms with Crippen LogP contribution in [0.15, 0.2) is 42.6 Å². The van der Waals surface area contributed by atoms with E-state index >= 15 is 0 Å². The summed E-state index contributed by atoms with van der Waals surface area (Å²) in [4.78, 5) is 19.3. The Morgan fingerprint density at radius 3 is 2.50 bits per heavy atom. The fourth-order valence-corrected chi connectivity index (χ4v) is 4.43. The maximum absolute atomic E-state index is 12.6. The van der Waals surface area contributed by atoms with Crippen LogP contribution >= 0.6 is 0 Å². The highest BCUT2D eigenvalue weighted by Crippen LogP contribution is 2.32. The summed E-state index contributed by atoms with van der Waals surface area (Å²) in [7, 11) is 0. The van der Waals surface area contributed by atoms with Gasteiger partial charge >= 0.3 is 0 Å². The van der Waals surface area contributed by atoms with E-state index in [-0.39, 0.29) is 5.91 Å². The molecule has 1 saturated heterocycles. The van der Waals surface area contributed by atoms with Crippen LogP contribution in [-0.2, 0) is 0 Å². The molecule has 3 N–H and O–H groups in total. The van der Waals surface area contributed by atoms with Gasteiger partial charge in [0.25, 0.3) is 5.91 Å². The van der Waals surface area contributed by atoms with Crippen LogP contribution in [-0.4, -0.2) is 30.5 Å². The third-order valence-electron chi connectivity index (χ3n) is 6.20. The second-order valence-corrected chi connectivity index (χ2v) is 8.15. The highest BCUT2D eigenvalue weighted by molar-refractivity contribution is 6.04. The lowest BCUT2D eigenvalue weighted by atomic mass is 9.84. The monoisotopic (exact) mass is 378 g/mol. The highest BCUT2D eigenvalue weighted by atomic mass is 16.1. The number of nitrogens with one attached hydrogen (secondary N) is 1. The molecule has 1 aromatic carbocycles.